The first-order valence-corrected chi connectivity index (χ1v) is 5.40. The zero-order valence-corrected chi connectivity index (χ0v) is 9.09. The van der Waals surface area contributed by atoms with Crippen molar-refractivity contribution in [2.75, 3.05) is 11.9 Å². The van der Waals surface area contributed by atoms with Crippen molar-refractivity contribution < 1.29 is 0 Å². The Morgan fingerprint density at radius 2 is 2.29 bits per heavy atom. The van der Waals surface area contributed by atoms with Gasteiger partial charge in [-0.3, -0.25) is 0 Å². The normalized spacial score (nSPS) is 25.6. The van der Waals surface area contributed by atoms with Gasteiger partial charge in [0, 0.05) is 11.9 Å². The minimum atomic E-state index is 0.364. The maximum Gasteiger partial charge on any atom is 0.148 e. The summed E-state index contributed by atoms with van der Waals surface area (Å²) in [5.74, 6) is 1.36. The van der Waals surface area contributed by atoms with Crippen LogP contribution in [-0.2, 0) is 0 Å². The smallest absolute Gasteiger partial charge is 0.148 e. The third-order valence-electron chi connectivity index (χ3n) is 2.40. The van der Waals surface area contributed by atoms with E-state index in [1.165, 1.54) is 6.33 Å². The summed E-state index contributed by atoms with van der Waals surface area (Å²) in [6, 6.07) is 0. The van der Waals surface area contributed by atoms with Gasteiger partial charge in [-0.15, -0.1) is 11.6 Å². The molecule has 0 aliphatic heterocycles. The molecule has 1 heterocycles. The van der Waals surface area contributed by atoms with E-state index in [9.17, 15) is 0 Å². The van der Waals surface area contributed by atoms with Crippen molar-refractivity contribution in [1.82, 2.24) is 9.97 Å². The molecule has 1 fully saturated rings. The van der Waals surface area contributed by atoms with Crippen molar-refractivity contribution in [1.29, 1.82) is 0 Å². The highest BCUT2D eigenvalue weighted by Crippen LogP contribution is 2.32. The first kappa shape index (κ1) is 9.99. The molecule has 1 aromatic rings. The number of hydrogen-bond acceptors (Lipinski definition) is 3. The third-order valence-corrected chi connectivity index (χ3v) is 3.04. The Morgan fingerprint density at radius 3 is 2.93 bits per heavy atom. The van der Waals surface area contributed by atoms with Gasteiger partial charge in [-0.2, -0.15) is 0 Å². The van der Waals surface area contributed by atoms with Gasteiger partial charge in [-0.25, -0.2) is 9.97 Å². The second-order valence-electron chi connectivity index (χ2n) is 3.53. The third kappa shape index (κ3) is 2.28. The summed E-state index contributed by atoms with van der Waals surface area (Å²) in [6.45, 7) is 0.889. The van der Waals surface area contributed by atoms with Crippen LogP contribution in [0.4, 0.5) is 5.82 Å². The molecule has 1 aliphatic rings. The number of halogens is 2. The highest BCUT2D eigenvalue weighted by Gasteiger charge is 2.26. The Bertz CT molecular complexity index is 313. The second-order valence-corrected chi connectivity index (χ2v) is 4.56. The minimum Gasteiger partial charge on any atom is -0.368 e. The highest BCUT2D eigenvalue weighted by molar-refractivity contribution is 6.32. The van der Waals surface area contributed by atoms with Gasteiger partial charge in [0.15, 0.2) is 0 Å². The van der Waals surface area contributed by atoms with Gasteiger partial charge >= 0.3 is 0 Å². The molecule has 3 nitrogen and oxygen atoms in total. The maximum atomic E-state index is 5.88. The first-order chi connectivity index (χ1) is 6.75. The van der Waals surface area contributed by atoms with Crippen LogP contribution in [0.1, 0.15) is 12.8 Å². The van der Waals surface area contributed by atoms with Crippen LogP contribution >= 0.6 is 23.2 Å². The average molecular weight is 232 g/mol. The summed E-state index contributed by atoms with van der Waals surface area (Å²) >= 11 is 11.8. The van der Waals surface area contributed by atoms with Gasteiger partial charge in [0.25, 0.3) is 0 Å². The molecule has 0 spiro atoms. The monoisotopic (exact) mass is 231 g/mol. The summed E-state index contributed by atoms with van der Waals surface area (Å²) in [6.07, 6.45) is 5.23. The molecule has 0 amide bonds. The molecular formula is C9H11Cl2N3. The number of nitrogens with zero attached hydrogens (tertiary/aromatic N) is 2. The molecule has 1 saturated carbocycles. The van der Waals surface area contributed by atoms with Crippen LogP contribution in [-0.4, -0.2) is 21.9 Å². The lowest BCUT2D eigenvalue weighted by atomic mass is 9.85. The lowest BCUT2D eigenvalue weighted by molar-refractivity contribution is 0.341. The van der Waals surface area contributed by atoms with E-state index in [2.05, 4.69) is 15.3 Å². The predicted molar refractivity (Wildman–Crippen MR) is 57.9 cm³/mol. The van der Waals surface area contributed by atoms with Crippen LogP contribution in [0, 0.1) is 5.92 Å². The van der Waals surface area contributed by atoms with Crippen LogP contribution < -0.4 is 5.32 Å². The summed E-state index contributed by atoms with van der Waals surface area (Å²) in [7, 11) is 0. The first-order valence-electron chi connectivity index (χ1n) is 4.59. The van der Waals surface area contributed by atoms with Crippen molar-refractivity contribution in [2.24, 2.45) is 5.92 Å². The lowest BCUT2D eigenvalue weighted by Crippen LogP contribution is -2.30. The molecule has 2 rings (SSSR count). The summed E-state index contributed by atoms with van der Waals surface area (Å²) < 4.78 is 0. The molecule has 76 valence electrons. The minimum absolute atomic E-state index is 0.364. The SMILES string of the molecule is Clc1cncnc1NCC1CC(Cl)C1. The average Bonchev–Trinajstić information content (AvgIpc) is 2.13. The fourth-order valence-corrected chi connectivity index (χ4v) is 2.18. The zero-order valence-electron chi connectivity index (χ0n) is 7.58. The van der Waals surface area contributed by atoms with Gasteiger partial charge in [0.05, 0.1) is 6.20 Å². The fraction of sp³-hybridized carbons (Fsp3) is 0.556. The Morgan fingerprint density at radius 1 is 1.50 bits per heavy atom. The molecule has 0 aromatic carbocycles. The van der Waals surface area contributed by atoms with Crippen LogP contribution in [0.2, 0.25) is 5.02 Å². The molecule has 1 aromatic heterocycles. The molecule has 14 heavy (non-hydrogen) atoms. The molecule has 1 aliphatic carbocycles. The molecule has 0 atom stereocenters. The van der Waals surface area contributed by atoms with Crippen LogP contribution in [0.5, 0.6) is 0 Å². The molecular weight excluding hydrogens is 221 g/mol. The summed E-state index contributed by atoms with van der Waals surface area (Å²) in [5, 5.41) is 4.12. The van der Waals surface area contributed by atoms with E-state index >= 15 is 0 Å². The number of alkyl halides is 1. The topological polar surface area (TPSA) is 37.8 Å². The Kier molecular flexibility index (Phi) is 3.08. The van der Waals surface area contributed by atoms with E-state index < -0.39 is 0 Å². The van der Waals surface area contributed by atoms with Gasteiger partial charge in [0.2, 0.25) is 0 Å². The Balaban J connectivity index is 1.83. The molecule has 0 unspecified atom stereocenters. The van der Waals surface area contributed by atoms with Crippen molar-refractivity contribution in [3.8, 4) is 0 Å². The van der Waals surface area contributed by atoms with Gasteiger partial charge < -0.3 is 5.32 Å². The zero-order chi connectivity index (χ0) is 9.97. The number of anilines is 1. The van der Waals surface area contributed by atoms with Crippen molar-refractivity contribution >= 4 is 29.0 Å². The molecule has 1 N–H and O–H groups in total. The van der Waals surface area contributed by atoms with E-state index in [-0.39, 0.29) is 0 Å². The number of rotatable bonds is 3. The lowest BCUT2D eigenvalue weighted by Gasteiger charge is -2.31. The molecule has 5 heteroatoms. The van der Waals surface area contributed by atoms with E-state index in [4.69, 9.17) is 23.2 Å². The van der Waals surface area contributed by atoms with Crippen LogP contribution in [0.25, 0.3) is 0 Å². The number of nitrogens with one attached hydrogen (secondary N) is 1. The van der Waals surface area contributed by atoms with Crippen LogP contribution in [0.15, 0.2) is 12.5 Å². The fourth-order valence-electron chi connectivity index (χ4n) is 1.50. The van der Waals surface area contributed by atoms with E-state index in [0.717, 1.165) is 19.4 Å². The van der Waals surface area contributed by atoms with E-state index in [0.29, 0.717) is 22.1 Å². The van der Waals surface area contributed by atoms with Gasteiger partial charge in [-0.1, -0.05) is 11.6 Å². The highest BCUT2D eigenvalue weighted by atomic mass is 35.5. The van der Waals surface area contributed by atoms with E-state index in [1.807, 2.05) is 0 Å². The Hall–Kier alpha value is -0.540. The molecule has 0 radical (unpaired) electrons. The standard InChI is InChI=1S/C9H11Cl2N3/c10-7-1-6(2-7)3-13-9-8(11)4-12-5-14-9/h4-7H,1-3H2,(H,12,13,14). The maximum absolute atomic E-state index is 5.88. The number of hydrogen-bond donors (Lipinski definition) is 1. The van der Waals surface area contributed by atoms with Gasteiger partial charge in [-0.05, 0) is 18.8 Å². The molecule has 0 saturated heterocycles. The van der Waals surface area contributed by atoms with Crippen molar-refractivity contribution in [3.63, 3.8) is 0 Å². The second kappa shape index (κ2) is 4.32. The van der Waals surface area contributed by atoms with Crippen molar-refractivity contribution in [3.05, 3.63) is 17.5 Å². The Labute approximate surface area is 92.8 Å². The van der Waals surface area contributed by atoms with Gasteiger partial charge in [0.1, 0.15) is 17.2 Å². The summed E-state index contributed by atoms with van der Waals surface area (Å²) in [5.41, 5.74) is 0. The largest absolute Gasteiger partial charge is 0.368 e. The van der Waals surface area contributed by atoms with E-state index in [1.54, 1.807) is 6.20 Å². The number of aromatic nitrogens is 2. The van der Waals surface area contributed by atoms with Crippen LogP contribution in [0.3, 0.4) is 0 Å². The summed E-state index contributed by atoms with van der Waals surface area (Å²) in [4.78, 5) is 7.85. The van der Waals surface area contributed by atoms with Crippen molar-refractivity contribution in [2.45, 2.75) is 18.2 Å². The predicted octanol–water partition coefficient (Wildman–Crippen LogP) is 2.56. The molecule has 0 bridgehead atoms. The quantitative estimate of drug-likeness (QED) is 0.814.